The molecule has 0 N–H and O–H groups in total. The van der Waals surface area contributed by atoms with Gasteiger partial charge in [-0.25, -0.2) is 0 Å². The lowest BCUT2D eigenvalue weighted by Gasteiger charge is -2.08. The first-order chi connectivity index (χ1) is 6.21. The van der Waals surface area contributed by atoms with Crippen molar-refractivity contribution in [1.82, 2.24) is 0 Å². The standard InChI is InChI=1S/C3H10O5Si6/c1-14(2,3)13(8)12(7)11(6)10(5)9-4/h9H,1-3H3. The summed E-state index contributed by atoms with van der Waals surface area (Å²) in [6, 6.07) is 0. The molecule has 5 nitrogen and oxygen atoms in total. The molecule has 0 radical (unpaired) electrons. The summed E-state index contributed by atoms with van der Waals surface area (Å²) < 4.78 is 55.6. The second-order valence-electron chi connectivity index (χ2n) is 3.72. The Morgan fingerprint density at radius 1 is 0.929 bits per heavy atom. The minimum atomic E-state index is -2.84. The smallest absolute Gasteiger partial charge is 0.380 e. The van der Waals surface area contributed by atoms with Crippen molar-refractivity contribution in [3.05, 3.63) is 0 Å². The maximum atomic E-state index is 11.6. The molecule has 0 spiro atoms. The summed E-state index contributed by atoms with van der Waals surface area (Å²) in [5, 5.41) is 0. The summed E-state index contributed by atoms with van der Waals surface area (Å²) in [4.78, 5) is 0. The van der Waals surface area contributed by atoms with Gasteiger partial charge in [-0.1, -0.05) is 19.6 Å². The van der Waals surface area contributed by atoms with Gasteiger partial charge in [0.15, 0.2) is 0 Å². The number of rotatable bonds is 5. The van der Waals surface area contributed by atoms with Crippen LogP contribution < -0.4 is 0 Å². The van der Waals surface area contributed by atoms with E-state index in [2.05, 4.69) is 0 Å². The quantitative estimate of drug-likeness (QED) is 0.583. The normalized spacial score (nSPS) is 10.5. The Morgan fingerprint density at radius 2 is 1.36 bits per heavy atom. The molecule has 0 unspecified atom stereocenters. The molecule has 0 aromatic rings. The van der Waals surface area contributed by atoms with Gasteiger partial charge in [0.1, 0.15) is 7.59 Å². The molecule has 0 fully saturated rings. The summed E-state index contributed by atoms with van der Waals surface area (Å²) in [7, 11) is -14.4. The van der Waals surface area contributed by atoms with E-state index in [0.717, 1.165) is 0 Å². The lowest BCUT2D eigenvalue weighted by atomic mass is 11.8. The van der Waals surface area contributed by atoms with E-state index in [9.17, 15) is 22.3 Å². The third kappa shape index (κ3) is 3.81. The highest BCUT2D eigenvalue weighted by Gasteiger charge is 2.43. The fourth-order valence-electron chi connectivity index (χ4n) is 0.609. The average molecular weight is 295 g/mol. The highest BCUT2D eigenvalue weighted by atomic mass is 29.9. The highest BCUT2D eigenvalue weighted by molar-refractivity contribution is 7.68. The molecule has 0 amide bonds. The van der Waals surface area contributed by atoms with E-state index in [1.165, 1.54) is 0 Å². The van der Waals surface area contributed by atoms with Crippen LogP contribution in [0.2, 0.25) is 19.6 Å². The molecule has 76 valence electrons. The van der Waals surface area contributed by atoms with Crippen LogP contribution in [0.3, 0.4) is 0 Å². The van der Waals surface area contributed by atoms with Crippen molar-refractivity contribution < 1.29 is 22.3 Å². The third-order valence-electron chi connectivity index (χ3n) is 1.42. The molecule has 0 aliphatic carbocycles. The Hall–Kier alpha value is 0.301. The topological polar surface area (TPSA) is 85.3 Å². The zero-order chi connectivity index (χ0) is 11.5. The van der Waals surface area contributed by atoms with Crippen LogP contribution in [0.25, 0.3) is 0 Å². The molecule has 14 heavy (non-hydrogen) atoms. The van der Waals surface area contributed by atoms with E-state index < -0.39 is 47.4 Å². The van der Waals surface area contributed by atoms with Crippen LogP contribution in [0.5, 0.6) is 0 Å². The first kappa shape index (κ1) is 14.3. The lowest BCUT2D eigenvalue weighted by Crippen LogP contribution is -2.50. The molecule has 0 rings (SSSR count). The fraction of sp³-hybridized carbons (Fsp3) is 1.00. The predicted molar refractivity (Wildman–Crippen MR) is 56.9 cm³/mol. The van der Waals surface area contributed by atoms with Gasteiger partial charge in [0.25, 0.3) is 0 Å². The Bertz CT molecular complexity index is 327. The molecule has 0 saturated carbocycles. The van der Waals surface area contributed by atoms with Crippen LogP contribution in [0.4, 0.5) is 0 Å². The van der Waals surface area contributed by atoms with Crippen LogP contribution in [0.1, 0.15) is 0 Å². The van der Waals surface area contributed by atoms with Crippen LogP contribution >= 0.6 is 0 Å². The van der Waals surface area contributed by atoms with Gasteiger partial charge < -0.3 is 22.3 Å². The zero-order valence-corrected chi connectivity index (χ0v) is 14.3. The van der Waals surface area contributed by atoms with Crippen molar-refractivity contribution in [2.45, 2.75) is 19.6 Å². The maximum Gasteiger partial charge on any atom is 0.380 e. The Morgan fingerprint density at radius 3 is 1.64 bits per heavy atom. The van der Waals surface area contributed by atoms with Crippen molar-refractivity contribution in [1.29, 1.82) is 0 Å². The molecule has 0 heterocycles. The Balaban J connectivity index is 4.83. The van der Waals surface area contributed by atoms with E-state index in [1.54, 1.807) is 19.6 Å². The van der Waals surface area contributed by atoms with Crippen molar-refractivity contribution >= 4 is 47.4 Å². The third-order valence-corrected chi connectivity index (χ3v) is 40.5. The maximum absolute atomic E-state index is 11.6. The van der Waals surface area contributed by atoms with Gasteiger partial charge in [-0.15, -0.1) is 0 Å². The number of hydrogen-bond acceptors (Lipinski definition) is 5. The Labute approximate surface area is 89.4 Å². The van der Waals surface area contributed by atoms with Crippen molar-refractivity contribution in [3.8, 4) is 0 Å². The largest absolute Gasteiger partial charge is 0.389 e. The van der Waals surface area contributed by atoms with E-state index >= 15 is 0 Å². The van der Waals surface area contributed by atoms with E-state index in [4.69, 9.17) is 0 Å². The van der Waals surface area contributed by atoms with Crippen molar-refractivity contribution in [3.63, 3.8) is 0 Å². The fourth-order valence-corrected chi connectivity index (χ4v) is 48.4. The molecule has 0 aromatic carbocycles. The van der Waals surface area contributed by atoms with Crippen LogP contribution in [0.15, 0.2) is 0 Å². The molecule has 0 bridgehead atoms. The summed E-state index contributed by atoms with van der Waals surface area (Å²) >= 11 is 0. The van der Waals surface area contributed by atoms with Gasteiger partial charge in [0.05, 0.1) is 0 Å². The van der Waals surface area contributed by atoms with E-state index in [-0.39, 0.29) is 0 Å². The molecular formula is C3H10O5Si6. The van der Waals surface area contributed by atoms with Crippen molar-refractivity contribution in [2.75, 3.05) is 0 Å². The van der Waals surface area contributed by atoms with Gasteiger partial charge >= 0.3 is 39.8 Å². The summed E-state index contributed by atoms with van der Waals surface area (Å²) in [6.07, 6.45) is 0. The molecule has 0 aromatic heterocycles. The Kier molecular flexibility index (Phi) is 5.52. The van der Waals surface area contributed by atoms with Gasteiger partial charge in [-0.3, -0.25) is 0 Å². The molecule has 0 atom stereocenters. The minimum absolute atomic E-state index is 1.63. The first-order valence-corrected chi connectivity index (χ1v) is 19.3. The molecule has 0 saturated heterocycles. The predicted octanol–water partition coefficient (Wildman–Crippen LogP) is -1.40. The summed E-state index contributed by atoms with van der Waals surface area (Å²) in [5.41, 5.74) is 0. The summed E-state index contributed by atoms with van der Waals surface area (Å²) in [6.45, 7) is 5.31. The zero-order valence-electron chi connectivity index (χ0n) is 8.12. The first-order valence-electron chi connectivity index (χ1n) is 3.84. The molecule has 0 aliphatic heterocycles. The molecule has 0 aliphatic rings. The van der Waals surface area contributed by atoms with Crippen LogP contribution in [0, 0.1) is 0 Å². The van der Waals surface area contributed by atoms with E-state index in [0.29, 0.717) is 0 Å². The average Bonchev–Trinajstić information content (AvgIpc) is 2.11. The SMILES string of the molecule is C[Si](C)(C)[Si](=O)[Si](=O)[Si](=O)[Si](=O)[SiH]=O. The molecule has 11 heteroatoms. The monoisotopic (exact) mass is 294 g/mol. The van der Waals surface area contributed by atoms with Gasteiger partial charge in [0.2, 0.25) is 0 Å². The summed E-state index contributed by atoms with van der Waals surface area (Å²) in [5.74, 6) is 0. The highest BCUT2D eigenvalue weighted by Crippen LogP contribution is 2.00. The minimum Gasteiger partial charge on any atom is -0.389 e. The lowest BCUT2D eigenvalue weighted by molar-refractivity contribution is 0.541. The second kappa shape index (κ2) is 5.40. The van der Waals surface area contributed by atoms with Crippen LogP contribution in [-0.2, 0) is 22.3 Å². The van der Waals surface area contributed by atoms with Crippen molar-refractivity contribution in [2.24, 2.45) is 0 Å². The second-order valence-corrected chi connectivity index (χ2v) is 33.8. The molecular weight excluding hydrogens is 285 g/mol. The van der Waals surface area contributed by atoms with E-state index in [1.807, 2.05) is 0 Å². The van der Waals surface area contributed by atoms with Crippen LogP contribution in [-0.4, -0.2) is 47.4 Å². The van der Waals surface area contributed by atoms with Gasteiger partial charge in [-0.05, 0) is 0 Å². The number of hydrogen-bond donors (Lipinski definition) is 0. The van der Waals surface area contributed by atoms with Gasteiger partial charge in [-0.2, -0.15) is 0 Å². The van der Waals surface area contributed by atoms with Gasteiger partial charge in [0, 0.05) is 0 Å².